The second kappa shape index (κ2) is 7.47. The molecule has 0 radical (unpaired) electrons. The molecule has 10 heteroatoms. The number of anilines is 1. The van der Waals surface area contributed by atoms with Crippen LogP contribution in [0.5, 0.6) is 11.6 Å². The molecule has 0 unspecified atom stereocenters. The zero-order valence-corrected chi connectivity index (χ0v) is 15.3. The Hall–Kier alpha value is -3.14. The van der Waals surface area contributed by atoms with Crippen molar-refractivity contribution in [3.8, 4) is 11.6 Å². The molecule has 1 N–H and O–H groups in total. The van der Waals surface area contributed by atoms with Crippen molar-refractivity contribution < 1.29 is 26.3 Å². The van der Waals surface area contributed by atoms with Crippen LogP contribution in [0.25, 0.3) is 0 Å². The van der Waals surface area contributed by atoms with E-state index >= 15 is 0 Å². The van der Waals surface area contributed by atoms with Gasteiger partial charge in [0.25, 0.3) is 10.0 Å². The highest BCUT2D eigenvalue weighted by atomic mass is 32.2. The lowest BCUT2D eigenvalue weighted by molar-refractivity contribution is -0.139. The molecule has 0 aliphatic rings. The molecule has 0 aliphatic carbocycles. The van der Waals surface area contributed by atoms with Crippen LogP contribution in [0.4, 0.5) is 18.9 Å². The summed E-state index contributed by atoms with van der Waals surface area (Å²) in [6, 6.07) is 13.0. The number of nitrogens with zero attached hydrogens (tertiary/aromatic N) is 2. The van der Waals surface area contributed by atoms with Crippen molar-refractivity contribution >= 4 is 15.7 Å². The molecule has 0 spiro atoms. The standard InChI is InChI=1S/C18H14F3N3O3S/c1-12-9-10-17(23-22-12)27-14-6-4-5-13(11-14)24-28(25,26)16-8-3-2-7-15(16)18(19,20)21/h2-11,24H,1H3. The molecule has 0 fully saturated rings. The van der Waals surface area contributed by atoms with Crippen molar-refractivity contribution in [2.45, 2.75) is 18.0 Å². The van der Waals surface area contributed by atoms with Crippen molar-refractivity contribution in [3.05, 3.63) is 71.9 Å². The molecule has 0 saturated heterocycles. The first-order valence-corrected chi connectivity index (χ1v) is 9.41. The number of sulfonamides is 1. The van der Waals surface area contributed by atoms with Gasteiger partial charge in [-0.05, 0) is 37.3 Å². The van der Waals surface area contributed by atoms with Crippen LogP contribution < -0.4 is 9.46 Å². The fraction of sp³-hybridized carbons (Fsp3) is 0.111. The summed E-state index contributed by atoms with van der Waals surface area (Å²) < 4.78 is 72.0. The fourth-order valence-electron chi connectivity index (χ4n) is 2.33. The van der Waals surface area contributed by atoms with Gasteiger partial charge in [-0.1, -0.05) is 18.2 Å². The summed E-state index contributed by atoms with van der Waals surface area (Å²) in [4.78, 5) is -0.863. The summed E-state index contributed by atoms with van der Waals surface area (Å²) in [5, 5.41) is 7.66. The van der Waals surface area contributed by atoms with Crippen LogP contribution in [0.3, 0.4) is 0 Å². The van der Waals surface area contributed by atoms with Gasteiger partial charge >= 0.3 is 6.18 Å². The topological polar surface area (TPSA) is 81.2 Å². The highest BCUT2D eigenvalue weighted by Gasteiger charge is 2.36. The maximum absolute atomic E-state index is 13.1. The molecule has 6 nitrogen and oxygen atoms in total. The Balaban J connectivity index is 1.87. The Morgan fingerprint density at radius 2 is 1.71 bits per heavy atom. The van der Waals surface area contributed by atoms with Gasteiger partial charge in [0.15, 0.2) is 0 Å². The van der Waals surface area contributed by atoms with Gasteiger partial charge in [0.2, 0.25) is 5.88 Å². The van der Waals surface area contributed by atoms with Crippen LogP contribution in [0.1, 0.15) is 11.3 Å². The summed E-state index contributed by atoms with van der Waals surface area (Å²) in [6.07, 6.45) is -4.81. The van der Waals surface area contributed by atoms with Gasteiger partial charge in [0, 0.05) is 12.1 Å². The number of alkyl halides is 3. The highest BCUT2D eigenvalue weighted by Crippen LogP contribution is 2.35. The molecule has 0 saturated carbocycles. The third-order valence-electron chi connectivity index (χ3n) is 3.56. The number of hydrogen-bond acceptors (Lipinski definition) is 5. The molecule has 146 valence electrons. The van der Waals surface area contributed by atoms with E-state index in [4.69, 9.17) is 4.74 Å². The van der Waals surface area contributed by atoms with E-state index in [9.17, 15) is 21.6 Å². The number of halogens is 3. The van der Waals surface area contributed by atoms with E-state index in [-0.39, 0.29) is 17.3 Å². The molecule has 3 aromatic rings. The van der Waals surface area contributed by atoms with Crippen LogP contribution >= 0.6 is 0 Å². The zero-order valence-electron chi connectivity index (χ0n) is 14.4. The Bertz CT molecular complexity index is 1080. The van der Waals surface area contributed by atoms with Crippen LogP contribution in [0, 0.1) is 6.92 Å². The summed E-state index contributed by atoms with van der Waals surface area (Å²) in [5.41, 5.74) is -0.517. The van der Waals surface area contributed by atoms with E-state index in [1.165, 1.54) is 24.3 Å². The number of benzene rings is 2. The van der Waals surface area contributed by atoms with E-state index in [2.05, 4.69) is 14.9 Å². The van der Waals surface area contributed by atoms with E-state index in [1.54, 1.807) is 25.1 Å². The zero-order chi connectivity index (χ0) is 20.4. The monoisotopic (exact) mass is 409 g/mol. The Kier molecular flexibility index (Phi) is 5.23. The van der Waals surface area contributed by atoms with Gasteiger partial charge in [-0.2, -0.15) is 18.3 Å². The molecule has 2 aromatic carbocycles. The Morgan fingerprint density at radius 3 is 2.39 bits per heavy atom. The Labute approximate surface area is 159 Å². The minimum Gasteiger partial charge on any atom is -0.437 e. The quantitative estimate of drug-likeness (QED) is 0.676. The van der Waals surface area contributed by atoms with Crippen LogP contribution in [-0.2, 0) is 16.2 Å². The van der Waals surface area contributed by atoms with E-state index in [0.29, 0.717) is 11.8 Å². The lowest BCUT2D eigenvalue weighted by atomic mass is 10.2. The van der Waals surface area contributed by atoms with Gasteiger partial charge in [-0.3, -0.25) is 4.72 Å². The predicted molar refractivity (Wildman–Crippen MR) is 95.5 cm³/mol. The molecule has 3 rings (SSSR count). The molecule has 0 bridgehead atoms. The first-order chi connectivity index (χ1) is 13.1. The maximum Gasteiger partial charge on any atom is 0.417 e. The molecular formula is C18H14F3N3O3S. The van der Waals surface area contributed by atoms with E-state index < -0.39 is 26.7 Å². The van der Waals surface area contributed by atoms with Crippen molar-refractivity contribution in [1.82, 2.24) is 10.2 Å². The van der Waals surface area contributed by atoms with Crippen molar-refractivity contribution in [2.24, 2.45) is 0 Å². The smallest absolute Gasteiger partial charge is 0.417 e. The van der Waals surface area contributed by atoms with Crippen molar-refractivity contribution in [2.75, 3.05) is 4.72 Å². The number of nitrogens with one attached hydrogen (secondary N) is 1. The molecule has 0 atom stereocenters. The first kappa shape index (κ1) is 19.6. The third kappa shape index (κ3) is 4.58. The molecule has 0 aliphatic heterocycles. The van der Waals surface area contributed by atoms with Gasteiger partial charge in [-0.15, -0.1) is 5.10 Å². The average molecular weight is 409 g/mol. The van der Waals surface area contributed by atoms with Gasteiger partial charge in [-0.25, -0.2) is 8.42 Å². The van der Waals surface area contributed by atoms with E-state index in [0.717, 1.165) is 12.1 Å². The summed E-state index contributed by atoms with van der Waals surface area (Å²) in [5.74, 6) is 0.426. The maximum atomic E-state index is 13.1. The van der Waals surface area contributed by atoms with Gasteiger partial charge < -0.3 is 4.74 Å². The second-order valence-electron chi connectivity index (χ2n) is 5.74. The lowest BCUT2D eigenvalue weighted by Gasteiger charge is -2.14. The van der Waals surface area contributed by atoms with Crippen LogP contribution in [0.2, 0.25) is 0 Å². The fourth-order valence-corrected chi connectivity index (χ4v) is 3.61. The van der Waals surface area contributed by atoms with Crippen LogP contribution in [0.15, 0.2) is 65.6 Å². The number of aromatic nitrogens is 2. The average Bonchev–Trinajstić information content (AvgIpc) is 2.63. The number of ether oxygens (including phenoxy) is 1. The summed E-state index contributed by atoms with van der Waals surface area (Å²) >= 11 is 0. The minimum absolute atomic E-state index is 0.0366. The first-order valence-electron chi connectivity index (χ1n) is 7.92. The third-order valence-corrected chi connectivity index (χ3v) is 5.00. The summed E-state index contributed by atoms with van der Waals surface area (Å²) in [6.45, 7) is 1.75. The Morgan fingerprint density at radius 1 is 0.964 bits per heavy atom. The molecule has 0 amide bonds. The SMILES string of the molecule is Cc1ccc(Oc2cccc(NS(=O)(=O)c3ccccc3C(F)(F)F)c2)nn1. The van der Waals surface area contributed by atoms with Gasteiger partial charge in [0.1, 0.15) is 5.75 Å². The molecule has 28 heavy (non-hydrogen) atoms. The highest BCUT2D eigenvalue weighted by molar-refractivity contribution is 7.92. The van der Waals surface area contributed by atoms with Crippen molar-refractivity contribution in [3.63, 3.8) is 0 Å². The largest absolute Gasteiger partial charge is 0.437 e. The minimum atomic E-state index is -4.81. The number of rotatable bonds is 5. The van der Waals surface area contributed by atoms with E-state index in [1.807, 2.05) is 0 Å². The summed E-state index contributed by atoms with van der Waals surface area (Å²) in [7, 11) is -4.48. The molecular weight excluding hydrogens is 395 g/mol. The molecule has 1 heterocycles. The predicted octanol–water partition coefficient (Wildman–Crippen LogP) is 4.40. The van der Waals surface area contributed by atoms with Gasteiger partial charge in [0.05, 0.1) is 21.8 Å². The van der Waals surface area contributed by atoms with Crippen LogP contribution in [-0.4, -0.2) is 18.6 Å². The lowest BCUT2D eigenvalue weighted by Crippen LogP contribution is -2.18. The molecule has 1 aromatic heterocycles. The second-order valence-corrected chi connectivity index (χ2v) is 7.39. The number of hydrogen-bond donors (Lipinski definition) is 1. The number of aryl methyl sites for hydroxylation is 1. The normalized spacial score (nSPS) is 11.9. The van der Waals surface area contributed by atoms with Crippen molar-refractivity contribution in [1.29, 1.82) is 0 Å².